The first-order chi connectivity index (χ1) is 13.8. The number of nitrogens with two attached hydrogens (primary N) is 1. The number of benzene rings is 1. The average Bonchev–Trinajstić information content (AvgIpc) is 2.98. The second-order valence-corrected chi connectivity index (χ2v) is 7.14. The zero-order chi connectivity index (χ0) is 21.0. The van der Waals surface area contributed by atoms with Gasteiger partial charge in [0.25, 0.3) is 0 Å². The molecule has 6 nitrogen and oxygen atoms in total. The fourth-order valence-corrected chi connectivity index (χ4v) is 3.30. The van der Waals surface area contributed by atoms with E-state index >= 15 is 0 Å². The maximum atomic E-state index is 13.8. The Morgan fingerprint density at radius 1 is 1.28 bits per heavy atom. The minimum atomic E-state index is -2.39. The van der Waals surface area contributed by atoms with E-state index in [1.54, 1.807) is 24.3 Å². The van der Waals surface area contributed by atoms with E-state index in [0.29, 0.717) is 16.8 Å². The number of hydrogen-bond acceptors (Lipinski definition) is 5. The summed E-state index contributed by atoms with van der Waals surface area (Å²) in [6.07, 6.45) is 0.677. The number of rotatable bonds is 3. The summed E-state index contributed by atoms with van der Waals surface area (Å²) in [6, 6.07) is 7.78. The van der Waals surface area contributed by atoms with Crippen LogP contribution in [0.3, 0.4) is 0 Å². The monoisotopic (exact) mass is 407 g/mol. The summed E-state index contributed by atoms with van der Waals surface area (Å²) >= 11 is 0. The van der Waals surface area contributed by atoms with Crippen molar-refractivity contribution in [2.75, 3.05) is 25.9 Å². The Morgan fingerprint density at radius 3 is 2.59 bits per heavy atom. The van der Waals surface area contributed by atoms with Crippen molar-refractivity contribution < 1.29 is 18.3 Å². The van der Waals surface area contributed by atoms with Crippen LogP contribution in [-0.2, 0) is 6.42 Å². The molecule has 1 aliphatic heterocycles. The van der Waals surface area contributed by atoms with E-state index < -0.39 is 12.2 Å². The molecule has 1 unspecified atom stereocenters. The van der Waals surface area contributed by atoms with Crippen molar-refractivity contribution in [3.05, 3.63) is 47.9 Å². The van der Waals surface area contributed by atoms with Gasteiger partial charge in [0.05, 0.1) is 18.0 Å². The van der Waals surface area contributed by atoms with Gasteiger partial charge in [-0.1, -0.05) is 24.3 Å². The normalized spacial score (nSPS) is 17.4. The number of likely N-dealkylation sites (tertiary alicyclic amines) is 1. The number of aliphatic hydroxyl groups excluding tert-OH is 1. The number of hydrogen-bond donors (Lipinski definition) is 2. The molecule has 0 amide bonds. The van der Waals surface area contributed by atoms with Gasteiger partial charge >= 0.3 is 0 Å². The fraction of sp³-hybridized carbons (Fsp3) is 0.400. The van der Waals surface area contributed by atoms with Crippen molar-refractivity contribution >= 4 is 11.5 Å². The molecule has 4 rings (SSSR count). The lowest BCUT2D eigenvalue weighted by atomic mass is 10.1. The number of fused-ring (bicyclic) bond motifs is 1. The molecule has 1 saturated heterocycles. The second kappa shape index (κ2) is 9.23. The molecule has 156 valence electrons. The van der Waals surface area contributed by atoms with Gasteiger partial charge in [-0.3, -0.25) is 0 Å². The van der Waals surface area contributed by atoms with Crippen molar-refractivity contribution in [3.8, 4) is 11.3 Å². The van der Waals surface area contributed by atoms with Gasteiger partial charge < -0.3 is 15.7 Å². The first-order valence-electron chi connectivity index (χ1n) is 9.37. The van der Waals surface area contributed by atoms with Gasteiger partial charge in [0.2, 0.25) is 12.4 Å². The molecule has 9 heteroatoms. The van der Waals surface area contributed by atoms with Gasteiger partial charge in [-0.2, -0.15) is 0 Å². The molecule has 3 heterocycles. The first kappa shape index (κ1) is 21.1. The molecule has 0 aliphatic carbocycles. The number of likely N-dealkylation sites (N-methyl/N-ethyl adjacent to an activating group) is 1. The Bertz CT molecular complexity index is 937. The minimum absolute atomic E-state index is 0.0219. The van der Waals surface area contributed by atoms with Crippen LogP contribution in [0.15, 0.2) is 36.5 Å². The lowest BCUT2D eigenvalue weighted by Gasteiger charge is -2.25. The number of aliphatic hydroxyl groups is 1. The third-order valence-corrected chi connectivity index (χ3v) is 4.73. The Kier molecular flexibility index (Phi) is 6.71. The quantitative estimate of drug-likeness (QED) is 0.698. The number of β-amino-alcohol motifs (C(OH)–C–C–N with tert-alkyl or cyclic N) is 1. The van der Waals surface area contributed by atoms with Crippen LogP contribution >= 0.6 is 0 Å². The molecular weight excluding hydrogens is 383 g/mol. The van der Waals surface area contributed by atoms with E-state index in [2.05, 4.69) is 15.0 Å². The number of piperidine rings is 1. The zero-order valence-electron chi connectivity index (χ0n) is 16.1. The molecule has 3 aromatic rings. The number of alkyl halides is 2. The summed E-state index contributed by atoms with van der Waals surface area (Å²) in [5, 5.41) is 13.0. The summed E-state index contributed by atoms with van der Waals surface area (Å²) < 4.78 is 39.8. The van der Waals surface area contributed by atoms with E-state index in [1.807, 2.05) is 7.05 Å². The molecule has 3 N–H and O–H groups in total. The van der Waals surface area contributed by atoms with Crippen molar-refractivity contribution in [2.45, 2.75) is 31.8 Å². The van der Waals surface area contributed by atoms with E-state index in [9.17, 15) is 13.2 Å². The van der Waals surface area contributed by atoms with Crippen molar-refractivity contribution in [2.24, 2.45) is 0 Å². The predicted octanol–water partition coefficient (Wildman–Crippen LogP) is 3.00. The van der Waals surface area contributed by atoms with E-state index in [1.165, 1.54) is 16.8 Å². The maximum absolute atomic E-state index is 13.8. The molecule has 2 aromatic heterocycles. The summed E-state index contributed by atoms with van der Waals surface area (Å²) in [4.78, 5) is 5.91. The number of nitrogens with zero attached hydrogens (tertiary/aromatic N) is 4. The van der Waals surface area contributed by atoms with Gasteiger partial charge in [0.15, 0.2) is 5.82 Å². The largest absolute Gasteiger partial charge is 0.392 e. The predicted molar refractivity (Wildman–Crippen MR) is 105 cm³/mol. The Morgan fingerprint density at radius 2 is 2.00 bits per heavy atom. The topological polar surface area (TPSA) is 79.7 Å². The standard InChI is InChI=1S/C14H11F3N4.C6H13NO/c15-10-6-11(21-12(10)7-19-14(18)20-21)9-3-1-8(2-4-9)5-13(16)17;1-7-4-2-3-6(8)5-7/h1-4,6-7,13H,5H2,(H2,18,20);6,8H,2-5H2,1H3. The van der Waals surface area contributed by atoms with Gasteiger partial charge in [0, 0.05) is 24.6 Å². The molecule has 0 saturated carbocycles. The van der Waals surface area contributed by atoms with Gasteiger partial charge in [0.1, 0.15) is 5.52 Å². The maximum Gasteiger partial charge on any atom is 0.242 e. The zero-order valence-corrected chi connectivity index (χ0v) is 16.1. The Balaban J connectivity index is 0.000000252. The number of anilines is 1. The van der Waals surface area contributed by atoms with Crippen LogP contribution in [0.1, 0.15) is 18.4 Å². The molecular formula is C20H24F3N5O. The lowest BCUT2D eigenvalue weighted by Crippen LogP contribution is -2.34. The average molecular weight is 407 g/mol. The van der Waals surface area contributed by atoms with Crippen LogP contribution in [-0.4, -0.2) is 57.3 Å². The Hall–Kier alpha value is -2.65. The molecule has 0 radical (unpaired) electrons. The van der Waals surface area contributed by atoms with Crippen LogP contribution in [0.2, 0.25) is 0 Å². The summed E-state index contributed by atoms with van der Waals surface area (Å²) in [6.45, 7) is 2.01. The number of aromatic nitrogens is 3. The number of nitrogen functional groups attached to an aromatic ring is 1. The summed E-state index contributed by atoms with van der Waals surface area (Å²) in [7, 11) is 2.04. The summed E-state index contributed by atoms with van der Waals surface area (Å²) in [5.41, 5.74) is 7.38. The second-order valence-electron chi connectivity index (χ2n) is 7.14. The van der Waals surface area contributed by atoms with Crippen LogP contribution < -0.4 is 5.73 Å². The van der Waals surface area contributed by atoms with Gasteiger partial charge in [-0.15, -0.1) is 5.10 Å². The lowest BCUT2D eigenvalue weighted by molar-refractivity contribution is 0.0846. The molecule has 1 aliphatic rings. The highest BCUT2D eigenvalue weighted by Crippen LogP contribution is 2.25. The van der Waals surface area contributed by atoms with Crippen LogP contribution in [0.4, 0.5) is 19.1 Å². The minimum Gasteiger partial charge on any atom is -0.392 e. The fourth-order valence-electron chi connectivity index (χ4n) is 3.30. The van der Waals surface area contributed by atoms with E-state index in [4.69, 9.17) is 10.8 Å². The van der Waals surface area contributed by atoms with Gasteiger partial charge in [-0.25, -0.2) is 22.7 Å². The highest BCUT2D eigenvalue weighted by molar-refractivity contribution is 5.67. The molecule has 1 atom stereocenters. The van der Waals surface area contributed by atoms with E-state index in [-0.39, 0.29) is 24.0 Å². The summed E-state index contributed by atoms with van der Waals surface area (Å²) in [5.74, 6) is -0.449. The molecule has 0 spiro atoms. The molecule has 1 fully saturated rings. The van der Waals surface area contributed by atoms with Gasteiger partial charge in [-0.05, 0) is 32.0 Å². The highest BCUT2D eigenvalue weighted by Gasteiger charge is 2.14. The van der Waals surface area contributed by atoms with Crippen molar-refractivity contribution in [3.63, 3.8) is 0 Å². The third-order valence-electron chi connectivity index (χ3n) is 4.73. The molecule has 29 heavy (non-hydrogen) atoms. The number of halogens is 3. The third kappa shape index (κ3) is 5.45. The van der Waals surface area contributed by atoms with Crippen LogP contribution in [0.25, 0.3) is 16.8 Å². The first-order valence-corrected chi connectivity index (χ1v) is 9.37. The van der Waals surface area contributed by atoms with Crippen LogP contribution in [0, 0.1) is 5.82 Å². The van der Waals surface area contributed by atoms with E-state index in [0.717, 1.165) is 25.9 Å². The Labute approximate surface area is 166 Å². The molecule has 1 aromatic carbocycles. The van der Waals surface area contributed by atoms with Crippen LogP contribution in [0.5, 0.6) is 0 Å². The molecule has 0 bridgehead atoms. The smallest absolute Gasteiger partial charge is 0.242 e. The SMILES string of the molecule is CN1CCCC(O)C1.Nc1ncc2c(F)cc(-c3ccc(CC(F)F)cc3)n2n1. The highest BCUT2D eigenvalue weighted by atomic mass is 19.3. The van der Waals surface area contributed by atoms with Crippen molar-refractivity contribution in [1.29, 1.82) is 0 Å². The van der Waals surface area contributed by atoms with Crippen molar-refractivity contribution in [1.82, 2.24) is 19.5 Å².